The van der Waals surface area contributed by atoms with E-state index in [1.54, 1.807) is 19.2 Å². The molecule has 1 aliphatic rings. The SMILES string of the molecule is COc1ccc2c(c1)CCc1c-2n[nH]c1C(F)(F)F. The molecular weight excluding hydrogens is 257 g/mol. The Morgan fingerprint density at radius 3 is 2.74 bits per heavy atom. The molecule has 0 aliphatic heterocycles. The minimum absolute atomic E-state index is 0.255. The minimum Gasteiger partial charge on any atom is -0.497 e. The van der Waals surface area contributed by atoms with Crippen LogP contribution in [0, 0.1) is 0 Å². The molecule has 0 unspecified atom stereocenters. The third-order valence-electron chi connectivity index (χ3n) is 3.36. The molecule has 0 spiro atoms. The highest BCUT2D eigenvalue weighted by Gasteiger charge is 2.38. The topological polar surface area (TPSA) is 37.9 Å². The van der Waals surface area contributed by atoms with Crippen molar-refractivity contribution < 1.29 is 17.9 Å². The first-order valence-corrected chi connectivity index (χ1v) is 5.82. The molecule has 2 aromatic rings. The van der Waals surface area contributed by atoms with Crippen LogP contribution in [0.3, 0.4) is 0 Å². The van der Waals surface area contributed by atoms with Gasteiger partial charge in [-0.2, -0.15) is 18.3 Å². The summed E-state index contributed by atoms with van der Waals surface area (Å²) in [5.41, 5.74) is 1.63. The van der Waals surface area contributed by atoms with Crippen molar-refractivity contribution in [1.29, 1.82) is 0 Å². The van der Waals surface area contributed by atoms with Crippen LogP contribution < -0.4 is 4.74 Å². The first-order chi connectivity index (χ1) is 9.00. The van der Waals surface area contributed by atoms with E-state index in [0.717, 1.165) is 11.1 Å². The molecule has 0 radical (unpaired) electrons. The Labute approximate surface area is 107 Å². The smallest absolute Gasteiger partial charge is 0.433 e. The highest BCUT2D eigenvalue weighted by Crippen LogP contribution is 2.40. The molecule has 0 saturated heterocycles. The first kappa shape index (κ1) is 12.1. The van der Waals surface area contributed by atoms with Crippen LogP contribution in [0.2, 0.25) is 0 Å². The average Bonchev–Trinajstić information content (AvgIpc) is 2.81. The van der Waals surface area contributed by atoms with E-state index in [9.17, 15) is 13.2 Å². The van der Waals surface area contributed by atoms with Gasteiger partial charge in [0.25, 0.3) is 0 Å². The standard InChI is InChI=1S/C13H11F3N2O/c1-19-8-3-5-9-7(6-8)2-4-10-11(9)17-18-12(10)13(14,15)16/h3,5-6H,2,4H2,1H3,(H,17,18). The third kappa shape index (κ3) is 1.87. The van der Waals surface area contributed by atoms with Crippen molar-refractivity contribution in [3.8, 4) is 17.0 Å². The molecule has 0 bridgehead atoms. The second-order valence-electron chi connectivity index (χ2n) is 4.45. The summed E-state index contributed by atoms with van der Waals surface area (Å²) in [4.78, 5) is 0. The fourth-order valence-corrected chi connectivity index (χ4v) is 2.46. The average molecular weight is 268 g/mol. The molecule has 100 valence electrons. The molecule has 3 nitrogen and oxygen atoms in total. The Bertz CT molecular complexity index is 631. The summed E-state index contributed by atoms with van der Waals surface area (Å²) in [5.74, 6) is 0.703. The lowest BCUT2D eigenvalue weighted by molar-refractivity contribution is -0.141. The fourth-order valence-electron chi connectivity index (χ4n) is 2.46. The van der Waals surface area contributed by atoms with E-state index in [4.69, 9.17) is 4.74 Å². The lowest BCUT2D eigenvalue weighted by Crippen LogP contribution is -2.11. The van der Waals surface area contributed by atoms with Crippen LogP contribution >= 0.6 is 0 Å². The summed E-state index contributed by atoms with van der Waals surface area (Å²) in [6.45, 7) is 0. The maximum atomic E-state index is 12.8. The van der Waals surface area contributed by atoms with Crippen LogP contribution in [0.15, 0.2) is 18.2 Å². The van der Waals surface area contributed by atoms with Gasteiger partial charge >= 0.3 is 6.18 Å². The summed E-state index contributed by atoms with van der Waals surface area (Å²) in [5, 5.41) is 5.95. The number of alkyl halides is 3. The van der Waals surface area contributed by atoms with E-state index < -0.39 is 11.9 Å². The molecule has 0 atom stereocenters. The number of hydrogen-bond donors (Lipinski definition) is 1. The molecular formula is C13H11F3N2O. The van der Waals surface area contributed by atoms with Gasteiger partial charge in [-0.05, 0) is 36.6 Å². The zero-order valence-corrected chi connectivity index (χ0v) is 10.1. The minimum atomic E-state index is -4.38. The van der Waals surface area contributed by atoms with Gasteiger partial charge in [-0.15, -0.1) is 0 Å². The van der Waals surface area contributed by atoms with Crippen molar-refractivity contribution >= 4 is 0 Å². The second-order valence-corrected chi connectivity index (χ2v) is 4.45. The molecule has 1 aromatic heterocycles. The summed E-state index contributed by atoms with van der Waals surface area (Å²) >= 11 is 0. The number of fused-ring (bicyclic) bond motifs is 3. The predicted octanol–water partition coefficient (Wildman–Crippen LogP) is 3.20. The molecule has 0 fully saturated rings. The zero-order valence-electron chi connectivity index (χ0n) is 10.1. The van der Waals surface area contributed by atoms with Gasteiger partial charge in [0.2, 0.25) is 0 Å². The number of aromatic nitrogens is 2. The summed E-state index contributed by atoms with van der Waals surface area (Å²) in [7, 11) is 1.56. The molecule has 1 aromatic carbocycles. The number of hydrogen-bond acceptors (Lipinski definition) is 2. The summed E-state index contributed by atoms with van der Waals surface area (Å²) in [6.07, 6.45) is -3.49. The third-order valence-corrected chi connectivity index (χ3v) is 3.36. The van der Waals surface area contributed by atoms with Crippen LogP contribution in [0.4, 0.5) is 13.2 Å². The van der Waals surface area contributed by atoms with Crippen LogP contribution in [-0.4, -0.2) is 17.3 Å². The van der Waals surface area contributed by atoms with Crippen molar-refractivity contribution in [3.05, 3.63) is 35.0 Å². The largest absolute Gasteiger partial charge is 0.497 e. The number of halogens is 3. The number of rotatable bonds is 1. The molecule has 1 heterocycles. The van der Waals surface area contributed by atoms with Gasteiger partial charge in [0.1, 0.15) is 11.4 Å². The quantitative estimate of drug-likeness (QED) is 0.862. The number of aryl methyl sites for hydroxylation is 1. The van der Waals surface area contributed by atoms with Crippen molar-refractivity contribution in [2.75, 3.05) is 7.11 Å². The zero-order chi connectivity index (χ0) is 13.6. The van der Waals surface area contributed by atoms with Crippen LogP contribution in [0.1, 0.15) is 16.8 Å². The molecule has 0 amide bonds. The molecule has 0 saturated carbocycles. The molecule has 6 heteroatoms. The van der Waals surface area contributed by atoms with E-state index >= 15 is 0 Å². The van der Waals surface area contributed by atoms with E-state index in [1.807, 2.05) is 6.07 Å². The maximum Gasteiger partial charge on any atom is 0.433 e. The fraction of sp³-hybridized carbons (Fsp3) is 0.308. The van der Waals surface area contributed by atoms with Crippen LogP contribution in [-0.2, 0) is 19.0 Å². The van der Waals surface area contributed by atoms with Crippen molar-refractivity contribution in [2.45, 2.75) is 19.0 Å². The monoisotopic (exact) mass is 268 g/mol. The Kier molecular flexibility index (Phi) is 2.55. The number of methoxy groups -OCH3 is 1. The number of aromatic amines is 1. The molecule has 3 rings (SSSR count). The Morgan fingerprint density at radius 1 is 1.26 bits per heavy atom. The van der Waals surface area contributed by atoms with Gasteiger partial charge in [-0.1, -0.05) is 0 Å². The Hall–Kier alpha value is -1.98. The van der Waals surface area contributed by atoms with Crippen LogP contribution in [0.25, 0.3) is 11.3 Å². The highest BCUT2D eigenvalue weighted by atomic mass is 19.4. The van der Waals surface area contributed by atoms with E-state index in [0.29, 0.717) is 24.3 Å². The highest BCUT2D eigenvalue weighted by molar-refractivity contribution is 5.71. The van der Waals surface area contributed by atoms with Gasteiger partial charge in [0.05, 0.1) is 12.8 Å². The van der Waals surface area contributed by atoms with Gasteiger partial charge < -0.3 is 4.74 Å². The number of nitrogens with zero attached hydrogens (tertiary/aromatic N) is 1. The van der Waals surface area contributed by atoms with Gasteiger partial charge in [-0.25, -0.2) is 0 Å². The molecule has 1 N–H and O–H groups in total. The lowest BCUT2D eigenvalue weighted by atomic mass is 9.89. The van der Waals surface area contributed by atoms with E-state index in [-0.39, 0.29) is 5.56 Å². The van der Waals surface area contributed by atoms with E-state index in [1.165, 1.54) is 0 Å². The Morgan fingerprint density at radius 2 is 2.05 bits per heavy atom. The van der Waals surface area contributed by atoms with Gasteiger partial charge in [-0.3, -0.25) is 5.10 Å². The van der Waals surface area contributed by atoms with Crippen molar-refractivity contribution in [3.63, 3.8) is 0 Å². The van der Waals surface area contributed by atoms with Crippen molar-refractivity contribution in [2.24, 2.45) is 0 Å². The molecule has 1 aliphatic carbocycles. The maximum absolute atomic E-state index is 12.8. The second kappa shape index (κ2) is 4.01. The van der Waals surface area contributed by atoms with Crippen LogP contribution in [0.5, 0.6) is 5.75 Å². The number of H-pyrrole nitrogens is 1. The summed E-state index contributed by atoms with van der Waals surface area (Å²) < 4.78 is 43.6. The van der Waals surface area contributed by atoms with Crippen molar-refractivity contribution in [1.82, 2.24) is 10.2 Å². The van der Waals surface area contributed by atoms with E-state index in [2.05, 4.69) is 10.2 Å². The Balaban J connectivity index is 2.13. The number of benzene rings is 1. The predicted molar refractivity (Wildman–Crippen MR) is 63.0 cm³/mol. The molecule has 19 heavy (non-hydrogen) atoms. The summed E-state index contributed by atoms with van der Waals surface area (Å²) in [6, 6.07) is 5.34. The lowest BCUT2D eigenvalue weighted by Gasteiger charge is -2.17. The number of nitrogens with one attached hydrogen (secondary N) is 1. The van der Waals surface area contributed by atoms with Gasteiger partial charge in [0, 0.05) is 11.1 Å². The first-order valence-electron chi connectivity index (χ1n) is 5.82. The normalized spacial score (nSPS) is 13.9. The van der Waals surface area contributed by atoms with Gasteiger partial charge in [0.15, 0.2) is 0 Å². The number of ether oxygens (including phenoxy) is 1.